The Labute approximate surface area is 91.3 Å². The number of aromatic nitrogens is 3. The highest BCUT2D eigenvalue weighted by Crippen LogP contribution is 2.28. The van der Waals surface area contributed by atoms with Crippen molar-refractivity contribution in [2.45, 2.75) is 0 Å². The standard InChI is InChI=1S/C9H9ClN4O/c1-14-5-11-9(13-14)12-7-4-6(10)2-3-8(7)15/h2-5,15H,1H3,(H,12,13). The molecule has 0 saturated carbocycles. The summed E-state index contributed by atoms with van der Waals surface area (Å²) in [6.45, 7) is 0. The highest BCUT2D eigenvalue weighted by molar-refractivity contribution is 6.30. The number of benzene rings is 1. The maximum Gasteiger partial charge on any atom is 0.246 e. The molecule has 2 aromatic rings. The SMILES string of the molecule is Cn1cnc(Nc2cc(Cl)ccc2O)n1. The number of phenolic OH excluding ortho intramolecular Hbond substituents is 1. The molecule has 15 heavy (non-hydrogen) atoms. The predicted molar refractivity (Wildman–Crippen MR) is 57.4 cm³/mol. The van der Waals surface area contributed by atoms with E-state index in [-0.39, 0.29) is 5.75 Å². The molecule has 5 nitrogen and oxygen atoms in total. The van der Waals surface area contributed by atoms with Gasteiger partial charge in [-0.3, -0.25) is 4.68 Å². The van der Waals surface area contributed by atoms with Crippen LogP contribution in [0.4, 0.5) is 11.6 Å². The smallest absolute Gasteiger partial charge is 0.246 e. The largest absolute Gasteiger partial charge is 0.506 e. The van der Waals surface area contributed by atoms with Gasteiger partial charge in [-0.15, -0.1) is 5.10 Å². The van der Waals surface area contributed by atoms with Gasteiger partial charge in [-0.05, 0) is 18.2 Å². The first kappa shape index (κ1) is 9.79. The molecule has 0 aliphatic heterocycles. The number of anilines is 2. The molecule has 0 saturated heterocycles. The van der Waals surface area contributed by atoms with Crippen LogP contribution in [0.3, 0.4) is 0 Å². The summed E-state index contributed by atoms with van der Waals surface area (Å²) in [7, 11) is 1.76. The number of hydrogen-bond acceptors (Lipinski definition) is 4. The molecule has 78 valence electrons. The fourth-order valence-electron chi connectivity index (χ4n) is 1.13. The van der Waals surface area contributed by atoms with E-state index in [9.17, 15) is 5.11 Å². The van der Waals surface area contributed by atoms with Gasteiger partial charge >= 0.3 is 0 Å². The first-order valence-corrected chi connectivity index (χ1v) is 4.64. The lowest BCUT2D eigenvalue weighted by atomic mass is 10.3. The first-order chi connectivity index (χ1) is 7.15. The summed E-state index contributed by atoms with van der Waals surface area (Å²) in [6, 6.07) is 4.72. The van der Waals surface area contributed by atoms with Crippen molar-refractivity contribution in [3.8, 4) is 5.75 Å². The minimum absolute atomic E-state index is 0.104. The molecule has 0 unspecified atom stereocenters. The highest BCUT2D eigenvalue weighted by atomic mass is 35.5. The van der Waals surface area contributed by atoms with Crippen molar-refractivity contribution in [3.63, 3.8) is 0 Å². The van der Waals surface area contributed by atoms with Gasteiger partial charge in [0.25, 0.3) is 0 Å². The second-order valence-electron chi connectivity index (χ2n) is 3.03. The molecule has 0 radical (unpaired) electrons. The van der Waals surface area contributed by atoms with Crippen LogP contribution in [0.25, 0.3) is 0 Å². The summed E-state index contributed by atoms with van der Waals surface area (Å²) in [6.07, 6.45) is 1.56. The van der Waals surface area contributed by atoms with Gasteiger partial charge in [-0.1, -0.05) is 11.6 Å². The lowest BCUT2D eigenvalue weighted by molar-refractivity contribution is 0.477. The summed E-state index contributed by atoms with van der Waals surface area (Å²) in [5, 5.41) is 16.9. The molecule has 1 aromatic carbocycles. The van der Waals surface area contributed by atoms with E-state index in [0.29, 0.717) is 16.7 Å². The van der Waals surface area contributed by atoms with E-state index < -0.39 is 0 Å². The number of nitrogens with zero attached hydrogens (tertiary/aromatic N) is 3. The van der Waals surface area contributed by atoms with Gasteiger partial charge in [-0.25, -0.2) is 4.98 Å². The molecule has 1 aromatic heterocycles. The van der Waals surface area contributed by atoms with Gasteiger partial charge in [0.15, 0.2) is 0 Å². The van der Waals surface area contributed by atoms with Gasteiger partial charge in [-0.2, -0.15) is 0 Å². The third-order valence-electron chi connectivity index (χ3n) is 1.80. The Balaban J connectivity index is 2.27. The van der Waals surface area contributed by atoms with Crippen LogP contribution < -0.4 is 5.32 Å². The molecule has 2 rings (SSSR count). The molecular weight excluding hydrogens is 216 g/mol. The second-order valence-corrected chi connectivity index (χ2v) is 3.46. The maximum atomic E-state index is 9.52. The molecule has 0 aliphatic rings. The fraction of sp³-hybridized carbons (Fsp3) is 0.111. The van der Waals surface area contributed by atoms with E-state index in [2.05, 4.69) is 15.4 Å². The lowest BCUT2D eigenvalue weighted by Gasteiger charge is -2.04. The Hall–Kier alpha value is -1.75. The quantitative estimate of drug-likeness (QED) is 0.765. The fourth-order valence-corrected chi connectivity index (χ4v) is 1.30. The molecule has 0 aliphatic carbocycles. The van der Waals surface area contributed by atoms with Crippen molar-refractivity contribution in [3.05, 3.63) is 29.5 Å². The Kier molecular flexibility index (Phi) is 2.47. The van der Waals surface area contributed by atoms with Crippen molar-refractivity contribution >= 4 is 23.2 Å². The van der Waals surface area contributed by atoms with Crippen LogP contribution in [-0.2, 0) is 7.05 Å². The van der Waals surface area contributed by atoms with Crippen molar-refractivity contribution in [1.82, 2.24) is 14.8 Å². The minimum atomic E-state index is 0.104. The van der Waals surface area contributed by atoms with E-state index in [1.54, 1.807) is 30.2 Å². The van der Waals surface area contributed by atoms with Crippen LogP contribution in [0.5, 0.6) is 5.75 Å². The lowest BCUT2D eigenvalue weighted by Crippen LogP contribution is -1.94. The van der Waals surface area contributed by atoms with Gasteiger partial charge in [0.05, 0.1) is 5.69 Å². The number of rotatable bonds is 2. The van der Waals surface area contributed by atoms with E-state index in [1.807, 2.05) is 0 Å². The number of halogens is 1. The summed E-state index contributed by atoms with van der Waals surface area (Å²) in [4.78, 5) is 3.97. The Bertz CT molecular complexity index is 483. The third-order valence-corrected chi connectivity index (χ3v) is 2.04. The van der Waals surface area contributed by atoms with Gasteiger partial charge in [0.2, 0.25) is 5.95 Å². The number of aromatic hydroxyl groups is 1. The molecule has 0 fully saturated rings. The zero-order valence-corrected chi connectivity index (χ0v) is 8.73. The monoisotopic (exact) mass is 224 g/mol. The second kappa shape index (κ2) is 3.78. The summed E-state index contributed by atoms with van der Waals surface area (Å²) in [5.41, 5.74) is 0.480. The average molecular weight is 225 g/mol. The van der Waals surface area contributed by atoms with Crippen molar-refractivity contribution < 1.29 is 5.11 Å². The minimum Gasteiger partial charge on any atom is -0.506 e. The molecular formula is C9H9ClN4O. The van der Waals surface area contributed by atoms with Crippen LogP contribution in [0.15, 0.2) is 24.5 Å². The predicted octanol–water partition coefficient (Wildman–Crippen LogP) is 1.92. The topological polar surface area (TPSA) is 63.0 Å². The van der Waals surface area contributed by atoms with Crippen molar-refractivity contribution in [2.75, 3.05) is 5.32 Å². The van der Waals surface area contributed by atoms with E-state index in [4.69, 9.17) is 11.6 Å². The highest BCUT2D eigenvalue weighted by Gasteiger charge is 2.04. The Morgan fingerprint density at radius 1 is 1.47 bits per heavy atom. The van der Waals surface area contributed by atoms with Crippen LogP contribution >= 0.6 is 11.6 Å². The maximum absolute atomic E-state index is 9.52. The van der Waals surface area contributed by atoms with Gasteiger partial charge in [0, 0.05) is 12.1 Å². The first-order valence-electron chi connectivity index (χ1n) is 4.26. The van der Waals surface area contributed by atoms with E-state index >= 15 is 0 Å². The van der Waals surface area contributed by atoms with Crippen LogP contribution in [0, 0.1) is 0 Å². The average Bonchev–Trinajstić information content (AvgIpc) is 2.58. The van der Waals surface area contributed by atoms with E-state index in [0.717, 1.165) is 0 Å². The van der Waals surface area contributed by atoms with Crippen molar-refractivity contribution in [1.29, 1.82) is 0 Å². The summed E-state index contributed by atoms with van der Waals surface area (Å²) < 4.78 is 1.56. The number of hydrogen-bond donors (Lipinski definition) is 2. The number of phenols is 1. The molecule has 1 heterocycles. The number of aryl methyl sites for hydroxylation is 1. The van der Waals surface area contributed by atoms with Crippen LogP contribution in [0.2, 0.25) is 5.02 Å². The van der Waals surface area contributed by atoms with Crippen molar-refractivity contribution in [2.24, 2.45) is 7.05 Å². The normalized spacial score (nSPS) is 10.3. The Morgan fingerprint density at radius 3 is 2.93 bits per heavy atom. The van der Waals surface area contributed by atoms with Crippen LogP contribution in [-0.4, -0.2) is 19.9 Å². The zero-order chi connectivity index (χ0) is 10.8. The number of nitrogens with one attached hydrogen (secondary N) is 1. The third kappa shape index (κ3) is 2.19. The summed E-state index contributed by atoms with van der Waals surface area (Å²) >= 11 is 5.79. The molecule has 2 N–H and O–H groups in total. The molecule has 6 heteroatoms. The molecule has 0 atom stereocenters. The Morgan fingerprint density at radius 2 is 2.27 bits per heavy atom. The zero-order valence-electron chi connectivity index (χ0n) is 7.98. The molecule has 0 spiro atoms. The molecule has 0 bridgehead atoms. The van der Waals surface area contributed by atoms with E-state index in [1.165, 1.54) is 6.07 Å². The van der Waals surface area contributed by atoms with Gasteiger partial charge < -0.3 is 10.4 Å². The summed E-state index contributed by atoms with van der Waals surface area (Å²) in [5.74, 6) is 0.516. The van der Waals surface area contributed by atoms with Gasteiger partial charge in [0.1, 0.15) is 12.1 Å². The molecule has 0 amide bonds. The van der Waals surface area contributed by atoms with Crippen LogP contribution in [0.1, 0.15) is 0 Å².